The van der Waals surface area contributed by atoms with E-state index in [-0.39, 0.29) is 5.52 Å². The first kappa shape index (κ1) is 13.5. The molecule has 0 atom stereocenters. The molecule has 21 heavy (non-hydrogen) atoms. The normalized spacial score (nSPS) is 11.8. The third kappa shape index (κ3) is 2.33. The highest BCUT2D eigenvalue weighted by molar-refractivity contribution is 5.94. The maximum Gasteiger partial charge on any atom is 0.418 e. The number of nitrogens with zero attached hydrogens (tertiary/aromatic N) is 1. The number of nitrogens with one attached hydrogen (secondary N) is 1. The van der Waals surface area contributed by atoms with Gasteiger partial charge in [-0.25, -0.2) is 0 Å². The molecule has 0 fully saturated rings. The summed E-state index contributed by atoms with van der Waals surface area (Å²) in [7, 11) is 1.55. The first-order valence-electron chi connectivity index (χ1n) is 6.19. The van der Waals surface area contributed by atoms with Crippen molar-refractivity contribution in [2.75, 3.05) is 7.11 Å². The van der Waals surface area contributed by atoms with Gasteiger partial charge in [0.2, 0.25) is 0 Å². The van der Waals surface area contributed by atoms with Crippen LogP contribution in [0.1, 0.15) is 5.56 Å². The van der Waals surface area contributed by atoms with Crippen LogP contribution >= 0.6 is 0 Å². The Morgan fingerprint density at radius 2 is 1.76 bits per heavy atom. The lowest BCUT2D eigenvalue weighted by atomic mass is 10.0. The summed E-state index contributed by atoms with van der Waals surface area (Å²) in [5.74, 6) is 0.676. The second-order valence-corrected chi connectivity index (χ2v) is 4.53. The van der Waals surface area contributed by atoms with E-state index in [1.807, 2.05) is 0 Å². The third-order valence-corrected chi connectivity index (χ3v) is 3.27. The number of benzene rings is 2. The van der Waals surface area contributed by atoms with Gasteiger partial charge in [-0.05, 0) is 30.3 Å². The molecule has 0 unspecified atom stereocenters. The van der Waals surface area contributed by atoms with Gasteiger partial charge in [0, 0.05) is 10.9 Å². The lowest BCUT2D eigenvalue weighted by Crippen LogP contribution is -2.05. The van der Waals surface area contributed by atoms with Crippen molar-refractivity contribution >= 4 is 10.9 Å². The van der Waals surface area contributed by atoms with E-state index in [0.29, 0.717) is 16.8 Å². The minimum absolute atomic E-state index is 0.00387. The fourth-order valence-corrected chi connectivity index (χ4v) is 2.25. The van der Waals surface area contributed by atoms with Crippen molar-refractivity contribution in [1.82, 2.24) is 10.2 Å². The molecule has 1 N–H and O–H groups in total. The summed E-state index contributed by atoms with van der Waals surface area (Å²) >= 11 is 0. The molecule has 0 spiro atoms. The van der Waals surface area contributed by atoms with Crippen molar-refractivity contribution in [2.45, 2.75) is 6.18 Å². The fourth-order valence-electron chi connectivity index (χ4n) is 2.25. The smallest absolute Gasteiger partial charge is 0.418 e. The number of aromatic amines is 1. The van der Waals surface area contributed by atoms with Crippen LogP contribution in [0.4, 0.5) is 13.2 Å². The Bertz CT molecular complexity index is 776. The monoisotopic (exact) mass is 292 g/mol. The average Bonchev–Trinajstić information content (AvgIpc) is 2.90. The number of hydrogen-bond acceptors (Lipinski definition) is 2. The minimum atomic E-state index is -4.41. The topological polar surface area (TPSA) is 37.9 Å². The van der Waals surface area contributed by atoms with Crippen molar-refractivity contribution in [3.63, 3.8) is 0 Å². The van der Waals surface area contributed by atoms with Gasteiger partial charge in [-0.2, -0.15) is 18.3 Å². The molecule has 0 aliphatic heterocycles. The number of para-hydroxylation sites is 1. The highest BCUT2D eigenvalue weighted by Gasteiger charge is 2.33. The predicted octanol–water partition coefficient (Wildman–Crippen LogP) is 4.26. The maximum atomic E-state index is 13.0. The van der Waals surface area contributed by atoms with Crippen molar-refractivity contribution in [2.24, 2.45) is 0 Å². The zero-order valence-corrected chi connectivity index (χ0v) is 11.0. The molecule has 1 aromatic heterocycles. The Balaban J connectivity index is 2.16. The summed E-state index contributed by atoms with van der Waals surface area (Å²) < 4.78 is 44.0. The molecule has 0 radical (unpaired) electrons. The number of fused-ring (bicyclic) bond motifs is 1. The molecule has 6 heteroatoms. The van der Waals surface area contributed by atoms with E-state index in [4.69, 9.17) is 4.74 Å². The largest absolute Gasteiger partial charge is 0.497 e. The molecule has 0 bridgehead atoms. The second kappa shape index (κ2) is 4.80. The van der Waals surface area contributed by atoms with Gasteiger partial charge in [0.15, 0.2) is 0 Å². The maximum absolute atomic E-state index is 13.0. The Morgan fingerprint density at radius 1 is 1.05 bits per heavy atom. The molecule has 0 saturated carbocycles. The fraction of sp³-hybridized carbons (Fsp3) is 0.133. The third-order valence-electron chi connectivity index (χ3n) is 3.27. The molecule has 0 aliphatic carbocycles. The van der Waals surface area contributed by atoms with Crippen molar-refractivity contribution < 1.29 is 17.9 Å². The average molecular weight is 292 g/mol. The molecule has 0 aliphatic rings. The van der Waals surface area contributed by atoms with Gasteiger partial charge in [0.05, 0.1) is 23.9 Å². The summed E-state index contributed by atoms with van der Waals surface area (Å²) in [6, 6.07) is 11.0. The molecule has 0 saturated heterocycles. The highest BCUT2D eigenvalue weighted by Crippen LogP contribution is 2.36. The standard InChI is InChI=1S/C15H11F3N2O/c1-21-10-7-5-9(6-8-10)13-11-3-2-4-12(15(16,17)18)14(11)20-19-13/h2-8H,1H3,(H,19,20). The van der Waals surface area contributed by atoms with Crippen molar-refractivity contribution in [3.8, 4) is 17.0 Å². The van der Waals surface area contributed by atoms with E-state index >= 15 is 0 Å². The lowest BCUT2D eigenvalue weighted by molar-refractivity contribution is -0.136. The molecule has 2 aromatic carbocycles. The Hall–Kier alpha value is -2.50. The van der Waals surface area contributed by atoms with Crippen molar-refractivity contribution in [3.05, 3.63) is 48.0 Å². The molecule has 3 aromatic rings. The molecular weight excluding hydrogens is 281 g/mol. The number of alkyl halides is 3. The highest BCUT2D eigenvalue weighted by atomic mass is 19.4. The summed E-state index contributed by atoms with van der Waals surface area (Å²) in [6.45, 7) is 0. The van der Waals surface area contributed by atoms with Gasteiger partial charge in [0.25, 0.3) is 0 Å². The van der Waals surface area contributed by atoms with Gasteiger partial charge in [-0.15, -0.1) is 0 Å². The predicted molar refractivity (Wildman–Crippen MR) is 73.1 cm³/mol. The van der Waals surface area contributed by atoms with Crippen LogP contribution in [0.25, 0.3) is 22.2 Å². The second-order valence-electron chi connectivity index (χ2n) is 4.53. The van der Waals surface area contributed by atoms with Crippen LogP contribution in [0.5, 0.6) is 5.75 Å². The summed E-state index contributed by atoms with van der Waals surface area (Å²) in [4.78, 5) is 0. The minimum Gasteiger partial charge on any atom is -0.497 e. The number of rotatable bonds is 2. The molecule has 1 heterocycles. The van der Waals surface area contributed by atoms with Gasteiger partial charge in [0.1, 0.15) is 5.75 Å². The SMILES string of the molecule is COc1ccc(-c2n[nH]c3c(C(F)(F)F)cccc23)cc1. The van der Waals surface area contributed by atoms with Crippen molar-refractivity contribution in [1.29, 1.82) is 0 Å². The van der Waals surface area contributed by atoms with Crippen LogP contribution in [-0.4, -0.2) is 17.3 Å². The van der Waals surface area contributed by atoms with Crippen LogP contribution in [0.2, 0.25) is 0 Å². The molecule has 3 rings (SSSR count). The van der Waals surface area contributed by atoms with E-state index in [1.165, 1.54) is 6.07 Å². The summed E-state index contributed by atoms with van der Waals surface area (Å²) in [5.41, 5.74) is 0.489. The Labute approximate surface area is 118 Å². The summed E-state index contributed by atoms with van der Waals surface area (Å²) in [6.07, 6.45) is -4.41. The van der Waals surface area contributed by atoms with Gasteiger partial charge >= 0.3 is 6.18 Å². The number of methoxy groups -OCH3 is 1. The number of hydrogen-bond donors (Lipinski definition) is 1. The molecule has 3 nitrogen and oxygen atoms in total. The van der Waals surface area contributed by atoms with Crippen LogP contribution in [-0.2, 0) is 6.18 Å². The van der Waals surface area contributed by atoms with Crippen LogP contribution < -0.4 is 4.74 Å². The Morgan fingerprint density at radius 3 is 2.38 bits per heavy atom. The number of aromatic nitrogens is 2. The molecule has 0 amide bonds. The first-order valence-corrected chi connectivity index (χ1v) is 6.19. The van der Waals surface area contributed by atoms with Crippen LogP contribution in [0.3, 0.4) is 0 Å². The van der Waals surface area contributed by atoms with E-state index in [9.17, 15) is 13.2 Å². The van der Waals surface area contributed by atoms with Gasteiger partial charge in [-0.3, -0.25) is 5.10 Å². The molecule has 108 valence electrons. The number of ether oxygens (including phenoxy) is 1. The first-order chi connectivity index (χ1) is 10.0. The molecular formula is C15H11F3N2O. The van der Waals surface area contributed by atoms with E-state index < -0.39 is 11.7 Å². The van der Waals surface area contributed by atoms with Crippen LogP contribution in [0, 0.1) is 0 Å². The van der Waals surface area contributed by atoms with E-state index in [1.54, 1.807) is 37.4 Å². The summed E-state index contributed by atoms with van der Waals surface area (Å²) in [5, 5.41) is 6.96. The quantitative estimate of drug-likeness (QED) is 0.766. The van der Waals surface area contributed by atoms with E-state index in [2.05, 4.69) is 10.2 Å². The number of H-pyrrole nitrogens is 1. The zero-order valence-electron chi connectivity index (χ0n) is 11.0. The lowest BCUT2D eigenvalue weighted by Gasteiger charge is -2.07. The Kier molecular flexibility index (Phi) is 3.08. The van der Waals surface area contributed by atoms with Crippen LogP contribution in [0.15, 0.2) is 42.5 Å². The number of halogens is 3. The zero-order chi connectivity index (χ0) is 15.0. The van der Waals surface area contributed by atoms with E-state index in [0.717, 1.165) is 11.6 Å². The van der Waals surface area contributed by atoms with Gasteiger partial charge in [-0.1, -0.05) is 12.1 Å². The van der Waals surface area contributed by atoms with Gasteiger partial charge < -0.3 is 4.74 Å².